The normalized spacial score (nSPS) is 11.3. The number of nitrogens with zero attached hydrogens (tertiary/aromatic N) is 5. The molecule has 0 saturated heterocycles. The first-order valence-electron chi connectivity index (χ1n) is 10.7. The van der Waals surface area contributed by atoms with Gasteiger partial charge in [-0.15, -0.1) is 0 Å². The van der Waals surface area contributed by atoms with Crippen molar-refractivity contribution in [3.8, 4) is 5.75 Å². The zero-order chi connectivity index (χ0) is 23.3. The minimum Gasteiger partial charge on any atom is -0.492 e. The summed E-state index contributed by atoms with van der Waals surface area (Å²) in [5.41, 5.74) is 0.249. The molecule has 0 spiro atoms. The van der Waals surface area contributed by atoms with Crippen LogP contribution in [0.15, 0.2) is 40.2 Å². The molecule has 0 radical (unpaired) electrons. The number of amides is 1. The Morgan fingerprint density at radius 3 is 2.59 bits per heavy atom. The van der Waals surface area contributed by atoms with Crippen LogP contribution in [0.3, 0.4) is 0 Å². The summed E-state index contributed by atoms with van der Waals surface area (Å²) in [5.74, 6) is 0.257. The maximum absolute atomic E-state index is 12.8. The van der Waals surface area contributed by atoms with Crippen LogP contribution >= 0.6 is 0 Å². The van der Waals surface area contributed by atoms with Gasteiger partial charge in [0.05, 0.1) is 6.33 Å². The molecular weight excluding hydrogens is 412 g/mol. The Hall–Kier alpha value is -3.40. The van der Waals surface area contributed by atoms with Crippen LogP contribution < -0.4 is 21.3 Å². The number of ether oxygens (including phenoxy) is 1. The smallest absolute Gasteiger partial charge is 0.332 e. The van der Waals surface area contributed by atoms with Crippen molar-refractivity contribution in [2.24, 2.45) is 14.1 Å². The molecule has 0 aliphatic rings. The van der Waals surface area contributed by atoms with Gasteiger partial charge in [0.25, 0.3) is 5.56 Å². The summed E-state index contributed by atoms with van der Waals surface area (Å²) in [6.45, 7) is 7.34. The number of aromatic nitrogens is 4. The second kappa shape index (κ2) is 10.3. The number of nitrogens with one attached hydrogen (secondary N) is 1. The van der Waals surface area contributed by atoms with E-state index in [1.165, 1.54) is 22.5 Å². The molecule has 1 amide bonds. The van der Waals surface area contributed by atoms with Gasteiger partial charge in [-0.3, -0.25) is 14.2 Å². The van der Waals surface area contributed by atoms with Gasteiger partial charge >= 0.3 is 5.69 Å². The molecule has 2 aromatic heterocycles. The van der Waals surface area contributed by atoms with Gasteiger partial charge in [0, 0.05) is 32.7 Å². The van der Waals surface area contributed by atoms with Gasteiger partial charge in [0.15, 0.2) is 11.2 Å². The molecule has 32 heavy (non-hydrogen) atoms. The lowest BCUT2D eigenvalue weighted by molar-refractivity contribution is -0.121. The summed E-state index contributed by atoms with van der Waals surface area (Å²) in [7, 11) is 3.19. The van der Waals surface area contributed by atoms with Crippen LogP contribution in [0.2, 0.25) is 0 Å². The third kappa shape index (κ3) is 4.91. The number of aryl methyl sites for hydroxylation is 2. The molecule has 1 N–H and O–H groups in total. The van der Waals surface area contributed by atoms with Gasteiger partial charge in [-0.1, -0.05) is 32.0 Å². The van der Waals surface area contributed by atoms with Gasteiger partial charge in [0.2, 0.25) is 5.91 Å². The summed E-state index contributed by atoms with van der Waals surface area (Å²) < 4.78 is 9.65. The topological polar surface area (TPSA) is 103 Å². The van der Waals surface area contributed by atoms with Crippen molar-refractivity contribution >= 4 is 17.1 Å². The molecule has 0 saturated carbocycles. The van der Waals surface area contributed by atoms with Crippen molar-refractivity contribution in [1.82, 2.24) is 28.9 Å². The summed E-state index contributed by atoms with van der Waals surface area (Å²) >= 11 is 0. The first-order valence-corrected chi connectivity index (χ1v) is 10.7. The second-order valence-corrected chi connectivity index (χ2v) is 7.52. The average molecular weight is 443 g/mol. The van der Waals surface area contributed by atoms with Gasteiger partial charge in [-0.2, -0.15) is 0 Å². The number of imidazole rings is 1. The Morgan fingerprint density at radius 1 is 1.16 bits per heavy atom. The number of benzene rings is 1. The fraction of sp³-hybridized carbons (Fsp3) is 0.455. The van der Waals surface area contributed by atoms with E-state index in [4.69, 9.17) is 4.74 Å². The number of fused-ring (bicyclic) bond motifs is 1. The highest BCUT2D eigenvalue weighted by Crippen LogP contribution is 2.17. The molecule has 3 aromatic rings. The van der Waals surface area contributed by atoms with E-state index in [1.807, 2.05) is 24.3 Å². The predicted molar refractivity (Wildman–Crippen MR) is 122 cm³/mol. The number of carbonyl (C=O) groups is 1. The Balaban J connectivity index is 1.68. The Labute approximate surface area is 186 Å². The SMILES string of the molecule is CCN(CC)CCOc1ccccc1CNC(=O)Cn1c(=O)c2c(ncn2C)n(C)c1=O. The van der Waals surface area contributed by atoms with E-state index in [9.17, 15) is 14.4 Å². The molecule has 0 aliphatic carbocycles. The van der Waals surface area contributed by atoms with Crippen LogP contribution in [0.25, 0.3) is 11.2 Å². The summed E-state index contributed by atoms with van der Waals surface area (Å²) in [5, 5.41) is 2.78. The van der Waals surface area contributed by atoms with Crippen molar-refractivity contribution in [3.63, 3.8) is 0 Å². The van der Waals surface area contributed by atoms with E-state index in [1.54, 1.807) is 7.05 Å². The Bertz CT molecular complexity index is 1210. The third-order valence-electron chi connectivity index (χ3n) is 5.51. The molecule has 3 rings (SSSR count). The largest absolute Gasteiger partial charge is 0.492 e. The number of hydrogen-bond acceptors (Lipinski definition) is 6. The van der Waals surface area contributed by atoms with Gasteiger partial charge in [-0.05, 0) is 19.2 Å². The molecule has 172 valence electrons. The highest BCUT2D eigenvalue weighted by Gasteiger charge is 2.17. The zero-order valence-corrected chi connectivity index (χ0v) is 19.0. The summed E-state index contributed by atoms with van der Waals surface area (Å²) in [4.78, 5) is 44.2. The molecule has 0 bridgehead atoms. The highest BCUT2D eigenvalue weighted by molar-refractivity contribution is 5.76. The predicted octanol–water partition coefficient (Wildman–Crippen LogP) is 0.471. The molecular formula is C22H30N6O4. The van der Waals surface area contributed by atoms with E-state index in [0.717, 1.165) is 29.8 Å². The molecule has 0 fully saturated rings. The maximum Gasteiger partial charge on any atom is 0.332 e. The molecule has 1 aromatic carbocycles. The molecule has 10 nitrogen and oxygen atoms in total. The maximum atomic E-state index is 12.8. The Morgan fingerprint density at radius 2 is 1.88 bits per heavy atom. The first-order chi connectivity index (χ1) is 15.4. The number of carbonyl (C=O) groups excluding carboxylic acids is 1. The van der Waals surface area contributed by atoms with Crippen molar-refractivity contribution < 1.29 is 9.53 Å². The van der Waals surface area contributed by atoms with Crippen LogP contribution in [0.1, 0.15) is 19.4 Å². The van der Waals surface area contributed by atoms with E-state index in [-0.39, 0.29) is 24.3 Å². The van der Waals surface area contributed by atoms with Crippen LogP contribution in [-0.4, -0.2) is 55.7 Å². The minimum atomic E-state index is -0.587. The molecule has 10 heteroatoms. The molecule has 0 atom stereocenters. The van der Waals surface area contributed by atoms with Gasteiger partial charge < -0.3 is 19.5 Å². The summed E-state index contributed by atoms with van der Waals surface area (Å²) in [6.07, 6.45) is 1.47. The fourth-order valence-corrected chi connectivity index (χ4v) is 3.54. The van der Waals surface area contributed by atoms with Crippen LogP contribution in [0, 0.1) is 0 Å². The lowest BCUT2D eigenvalue weighted by atomic mass is 10.2. The van der Waals surface area contributed by atoms with Crippen LogP contribution in [-0.2, 0) is 32.0 Å². The standard InChI is InChI=1S/C22H30N6O4/c1-5-27(6-2)11-12-32-17-10-8-7-9-16(17)13-23-18(29)14-28-21(30)19-20(24-15-25(19)3)26(4)22(28)31/h7-10,15H,5-6,11-14H2,1-4H3,(H,23,29). The monoisotopic (exact) mass is 442 g/mol. The first kappa shape index (κ1) is 23.3. The van der Waals surface area contributed by atoms with E-state index in [2.05, 4.69) is 29.0 Å². The lowest BCUT2D eigenvalue weighted by Crippen LogP contribution is -2.43. The molecule has 0 unspecified atom stereocenters. The van der Waals surface area contributed by atoms with Crippen molar-refractivity contribution in [1.29, 1.82) is 0 Å². The van der Waals surface area contributed by atoms with Crippen LogP contribution in [0.5, 0.6) is 5.75 Å². The summed E-state index contributed by atoms with van der Waals surface area (Å²) in [6, 6.07) is 7.49. The number of hydrogen-bond donors (Lipinski definition) is 1. The molecule has 2 heterocycles. The zero-order valence-electron chi connectivity index (χ0n) is 19.0. The average Bonchev–Trinajstić information content (AvgIpc) is 3.19. The van der Waals surface area contributed by atoms with Gasteiger partial charge in [0.1, 0.15) is 18.9 Å². The lowest BCUT2D eigenvalue weighted by Gasteiger charge is -2.19. The molecule has 0 aliphatic heterocycles. The minimum absolute atomic E-state index is 0.225. The highest BCUT2D eigenvalue weighted by atomic mass is 16.5. The second-order valence-electron chi connectivity index (χ2n) is 7.52. The van der Waals surface area contributed by atoms with Crippen molar-refractivity contribution in [2.45, 2.75) is 26.9 Å². The van der Waals surface area contributed by atoms with Crippen LogP contribution in [0.4, 0.5) is 0 Å². The number of para-hydroxylation sites is 1. The van der Waals surface area contributed by atoms with Crippen molar-refractivity contribution in [2.75, 3.05) is 26.2 Å². The third-order valence-corrected chi connectivity index (χ3v) is 5.51. The van der Waals surface area contributed by atoms with E-state index in [0.29, 0.717) is 12.4 Å². The van der Waals surface area contributed by atoms with Gasteiger partial charge in [-0.25, -0.2) is 14.3 Å². The fourth-order valence-electron chi connectivity index (χ4n) is 3.54. The number of rotatable bonds is 10. The van der Waals surface area contributed by atoms with E-state index < -0.39 is 17.2 Å². The quantitative estimate of drug-likeness (QED) is 0.490. The Kier molecular flexibility index (Phi) is 7.47. The van der Waals surface area contributed by atoms with E-state index >= 15 is 0 Å². The van der Waals surface area contributed by atoms with Crippen molar-refractivity contribution in [3.05, 3.63) is 57.0 Å². The number of likely N-dealkylation sites (N-methyl/N-ethyl adjacent to an activating group) is 1.